The zero-order chi connectivity index (χ0) is 13.8. The predicted octanol–water partition coefficient (Wildman–Crippen LogP) is 3.26. The summed E-state index contributed by atoms with van der Waals surface area (Å²) in [5.74, 6) is 0.0533. The molecule has 2 rings (SSSR count). The Balaban J connectivity index is 1.87. The normalized spacial score (nSPS) is 15.2. The molecule has 1 heterocycles. The number of aryl methyl sites for hydroxylation is 1. The Morgan fingerprint density at radius 2 is 2.16 bits per heavy atom. The molecule has 3 heteroatoms. The molecule has 1 aliphatic rings. The van der Waals surface area contributed by atoms with Crippen LogP contribution >= 0.6 is 0 Å². The Morgan fingerprint density at radius 1 is 1.37 bits per heavy atom. The Bertz CT molecular complexity index is 497. The van der Waals surface area contributed by atoms with Crippen molar-refractivity contribution in [2.75, 3.05) is 6.54 Å². The van der Waals surface area contributed by atoms with Crippen LogP contribution in [0.25, 0.3) is 0 Å². The fourth-order valence-electron chi connectivity index (χ4n) is 2.65. The van der Waals surface area contributed by atoms with E-state index < -0.39 is 0 Å². The van der Waals surface area contributed by atoms with Crippen LogP contribution in [0.1, 0.15) is 53.8 Å². The number of aromatic nitrogens is 1. The van der Waals surface area contributed by atoms with Crippen molar-refractivity contribution < 1.29 is 4.79 Å². The molecule has 0 unspecified atom stereocenters. The lowest BCUT2D eigenvalue weighted by Crippen LogP contribution is -2.25. The standard InChI is InChI=1S/C16H24N2O/c1-12-11-15(13(2)18(12)3)16(19)17-10-9-14-7-5-4-6-8-14/h7,11H,4-6,8-10H2,1-3H3,(H,17,19). The molecule has 19 heavy (non-hydrogen) atoms. The topological polar surface area (TPSA) is 34.0 Å². The first-order valence-corrected chi connectivity index (χ1v) is 7.18. The van der Waals surface area contributed by atoms with Gasteiger partial charge in [0.1, 0.15) is 0 Å². The number of carbonyl (C=O) groups is 1. The van der Waals surface area contributed by atoms with Gasteiger partial charge >= 0.3 is 0 Å². The lowest BCUT2D eigenvalue weighted by atomic mass is 9.97. The molecular formula is C16H24N2O. The van der Waals surface area contributed by atoms with E-state index in [1.807, 2.05) is 27.0 Å². The van der Waals surface area contributed by atoms with Crippen LogP contribution in [0.15, 0.2) is 17.7 Å². The summed E-state index contributed by atoms with van der Waals surface area (Å²) >= 11 is 0. The predicted molar refractivity (Wildman–Crippen MR) is 78.4 cm³/mol. The average molecular weight is 260 g/mol. The summed E-state index contributed by atoms with van der Waals surface area (Å²) in [7, 11) is 1.99. The van der Waals surface area contributed by atoms with Crippen molar-refractivity contribution in [1.29, 1.82) is 0 Å². The van der Waals surface area contributed by atoms with Crippen molar-refractivity contribution in [3.05, 3.63) is 34.7 Å². The molecule has 1 aromatic rings. The maximum absolute atomic E-state index is 12.1. The van der Waals surface area contributed by atoms with E-state index in [2.05, 4.69) is 16.0 Å². The second-order valence-electron chi connectivity index (χ2n) is 5.46. The van der Waals surface area contributed by atoms with Crippen molar-refractivity contribution in [3.63, 3.8) is 0 Å². The fourth-order valence-corrected chi connectivity index (χ4v) is 2.65. The number of amides is 1. The van der Waals surface area contributed by atoms with Crippen molar-refractivity contribution in [2.45, 2.75) is 46.0 Å². The first kappa shape index (κ1) is 13.9. The van der Waals surface area contributed by atoms with Crippen LogP contribution in [0, 0.1) is 13.8 Å². The molecule has 1 aromatic heterocycles. The fraction of sp³-hybridized carbons (Fsp3) is 0.562. The van der Waals surface area contributed by atoms with E-state index in [-0.39, 0.29) is 5.91 Å². The summed E-state index contributed by atoms with van der Waals surface area (Å²) in [4.78, 5) is 12.1. The van der Waals surface area contributed by atoms with Gasteiger partial charge in [0.05, 0.1) is 5.56 Å². The van der Waals surface area contributed by atoms with Gasteiger partial charge in [-0.2, -0.15) is 0 Å². The van der Waals surface area contributed by atoms with E-state index in [9.17, 15) is 4.79 Å². The Morgan fingerprint density at radius 3 is 2.74 bits per heavy atom. The van der Waals surface area contributed by atoms with Gasteiger partial charge in [0.25, 0.3) is 5.91 Å². The molecule has 0 aromatic carbocycles. The van der Waals surface area contributed by atoms with Crippen LogP contribution < -0.4 is 5.32 Å². The number of hydrogen-bond donors (Lipinski definition) is 1. The summed E-state index contributed by atoms with van der Waals surface area (Å²) in [5, 5.41) is 3.03. The van der Waals surface area contributed by atoms with Crippen molar-refractivity contribution >= 4 is 5.91 Å². The molecule has 0 saturated heterocycles. The second-order valence-corrected chi connectivity index (χ2v) is 5.46. The summed E-state index contributed by atoms with van der Waals surface area (Å²) < 4.78 is 2.05. The van der Waals surface area contributed by atoms with E-state index in [0.29, 0.717) is 0 Å². The highest BCUT2D eigenvalue weighted by Crippen LogP contribution is 2.19. The quantitative estimate of drug-likeness (QED) is 0.828. The van der Waals surface area contributed by atoms with Crippen molar-refractivity contribution in [1.82, 2.24) is 9.88 Å². The summed E-state index contributed by atoms with van der Waals surface area (Å²) in [6.07, 6.45) is 8.37. The molecule has 104 valence electrons. The third-order valence-corrected chi connectivity index (χ3v) is 4.14. The highest BCUT2D eigenvalue weighted by atomic mass is 16.1. The first-order chi connectivity index (χ1) is 9.09. The van der Waals surface area contributed by atoms with Gasteiger partial charge in [-0.15, -0.1) is 0 Å². The largest absolute Gasteiger partial charge is 0.352 e. The summed E-state index contributed by atoms with van der Waals surface area (Å²) in [6, 6.07) is 1.96. The van der Waals surface area contributed by atoms with Crippen LogP contribution in [0.3, 0.4) is 0 Å². The number of nitrogens with zero attached hydrogens (tertiary/aromatic N) is 1. The van der Waals surface area contributed by atoms with Gasteiger partial charge in [0.2, 0.25) is 0 Å². The Kier molecular flexibility index (Phi) is 4.46. The van der Waals surface area contributed by atoms with E-state index in [1.165, 1.54) is 31.3 Å². The minimum atomic E-state index is 0.0533. The Labute approximate surface area is 115 Å². The SMILES string of the molecule is Cc1cc(C(=O)NCCC2=CCCCC2)c(C)n1C. The van der Waals surface area contributed by atoms with Gasteiger partial charge < -0.3 is 9.88 Å². The zero-order valence-corrected chi connectivity index (χ0v) is 12.3. The minimum absolute atomic E-state index is 0.0533. The molecule has 0 radical (unpaired) electrons. The molecule has 1 aliphatic carbocycles. The molecule has 0 atom stereocenters. The smallest absolute Gasteiger partial charge is 0.253 e. The molecule has 1 N–H and O–H groups in total. The zero-order valence-electron chi connectivity index (χ0n) is 12.3. The van der Waals surface area contributed by atoms with Gasteiger partial charge in [-0.25, -0.2) is 0 Å². The number of hydrogen-bond acceptors (Lipinski definition) is 1. The minimum Gasteiger partial charge on any atom is -0.352 e. The van der Waals surface area contributed by atoms with Crippen LogP contribution in [-0.2, 0) is 7.05 Å². The number of rotatable bonds is 4. The third kappa shape index (κ3) is 3.28. The average Bonchev–Trinajstić information content (AvgIpc) is 2.68. The van der Waals surface area contributed by atoms with Gasteiger partial charge in [-0.1, -0.05) is 11.6 Å². The summed E-state index contributed by atoms with van der Waals surface area (Å²) in [6.45, 7) is 4.76. The first-order valence-electron chi connectivity index (χ1n) is 7.18. The molecule has 0 saturated carbocycles. The van der Waals surface area contributed by atoms with Gasteiger partial charge in [0.15, 0.2) is 0 Å². The molecule has 1 amide bonds. The van der Waals surface area contributed by atoms with E-state index >= 15 is 0 Å². The van der Waals surface area contributed by atoms with Gasteiger partial charge in [-0.3, -0.25) is 4.79 Å². The van der Waals surface area contributed by atoms with Crippen molar-refractivity contribution in [2.24, 2.45) is 7.05 Å². The van der Waals surface area contributed by atoms with E-state index in [0.717, 1.165) is 29.9 Å². The maximum atomic E-state index is 12.1. The molecule has 0 bridgehead atoms. The van der Waals surface area contributed by atoms with Crippen LogP contribution in [-0.4, -0.2) is 17.0 Å². The maximum Gasteiger partial charge on any atom is 0.253 e. The number of carbonyl (C=O) groups excluding carboxylic acids is 1. The highest BCUT2D eigenvalue weighted by molar-refractivity contribution is 5.95. The molecule has 0 aliphatic heterocycles. The number of allylic oxidation sites excluding steroid dienone is 1. The van der Waals surface area contributed by atoms with E-state index in [1.54, 1.807) is 0 Å². The summed E-state index contributed by atoms with van der Waals surface area (Å²) in [5.41, 5.74) is 4.47. The molecular weight excluding hydrogens is 236 g/mol. The van der Waals surface area contributed by atoms with Gasteiger partial charge in [-0.05, 0) is 52.0 Å². The monoisotopic (exact) mass is 260 g/mol. The highest BCUT2D eigenvalue weighted by Gasteiger charge is 2.13. The molecule has 3 nitrogen and oxygen atoms in total. The molecule has 0 fully saturated rings. The van der Waals surface area contributed by atoms with Crippen LogP contribution in [0.5, 0.6) is 0 Å². The number of nitrogens with one attached hydrogen (secondary N) is 1. The lowest BCUT2D eigenvalue weighted by Gasteiger charge is -2.13. The van der Waals surface area contributed by atoms with Crippen molar-refractivity contribution in [3.8, 4) is 0 Å². The molecule has 0 spiro atoms. The lowest BCUT2D eigenvalue weighted by molar-refractivity contribution is 0.0953. The second kappa shape index (κ2) is 6.09. The Hall–Kier alpha value is -1.51. The van der Waals surface area contributed by atoms with E-state index in [4.69, 9.17) is 0 Å². The van der Waals surface area contributed by atoms with Gasteiger partial charge in [0, 0.05) is 25.0 Å². The van der Waals surface area contributed by atoms with Crippen LogP contribution in [0.2, 0.25) is 0 Å². The third-order valence-electron chi connectivity index (χ3n) is 4.14. The van der Waals surface area contributed by atoms with Crippen LogP contribution in [0.4, 0.5) is 0 Å².